The number of rotatable bonds is 6. The Kier molecular flexibility index (Phi) is 4.83. The molecule has 0 spiro atoms. The molecule has 1 N–H and O–H groups in total. The Balaban J connectivity index is 3.16. The van der Waals surface area contributed by atoms with E-state index >= 15 is 0 Å². The van der Waals surface area contributed by atoms with Crippen molar-refractivity contribution >= 4 is 11.7 Å². The van der Waals surface area contributed by atoms with Crippen molar-refractivity contribution in [3.8, 4) is 11.5 Å². The minimum atomic E-state index is -0.857. The zero-order chi connectivity index (χ0) is 13.7. The fourth-order valence-corrected chi connectivity index (χ4v) is 1.85. The van der Waals surface area contributed by atoms with Gasteiger partial charge in [0.1, 0.15) is 17.5 Å². The van der Waals surface area contributed by atoms with Crippen LogP contribution in [0.25, 0.3) is 0 Å². The number of aliphatic carboxylic acids is 1. The van der Waals surface area contributed by atoms with Gasteiger partial charge < -0.3 is 19.5 Å². The largest absolute Gasteiger partial charge is 0.497 e. The number of carbonyl (C=O) groups is 1. The van der Waals surface area contributed by atoms with Crippen molar-refractivity contribution in [2.45, 2.75) is 19.4 Å². The van der Waals surface area contributed by atoms with Crippen molar-refractivity contribution in [1.29, 1.82) is 0 Å². The molecule has 0 aliphatic heterocycles. The highest BCUT2D eigenvalue weighted by molar-refractivity contribution is 5.79. The highest BCUT2D eigenvalue weighted by Gasteiger charge is 2.23. The molecule has 0 bridgehead atoms. The van der Waals surface area contributed by atoms with Gasteiger partial charge in [-0.3, -0.25) is 0 Å². The van der Waals surface area contributed by atoms with Gasteiger partial charge in [0.15, 0.2) is 0 Å². The molecule has 0 saturated carbocycles. The van der Waals surface area contributed by atoms with Gasteiger partial charge in [0.05, 0.1) is 19.9 Å². The maximum atomic E-state index is 11.2. The van der Waals surface area contributed by atoms with Gasteiger partial charge in [-0.25, -0.2) is 4.79 Å². The first-order valence-electron chi connectivity index (χ1n) is 5.72. The minimum absolute atomic E-state index is 0.506. The number of carboxylic acid groups (broad SMARTS) is 1. The normalized spacial score (nSPS) is 11.8. The molecule has 18 heavy (non-hydrogen) atoms. The molecule has 0 fully saturated rings. The van der Waals surface area contributed by atoms with Gasteiger partial charge in [-0.15, -0.1) is 0 Å². The highest BCUT2D eigenvalue weighted by atomic mass is 16.5. The van der Waals surface area contributed by atoms with Crippen LogP contribution in [0.5, 0.6) is 11.5 Å². The Labute approximate surface area is 107 Å². The monoisotopic (exact) mass is 253 g/mol. The smallest absolute Gasteiger partial charge is 0.326 e. The summed E-state index contributed by atoms with van der Waals surface area (Å²) >= 11 is 0. The predicted octanol–water partition coefficient (Wildman–Crippen LogP) is 2.00. The SMILES string of the molecule is CCC(C(=O)O)N(C)c1cc(OC)ccc1OC. The van der Waals surface area contributed by atoms with Crippen LogP contribution in [-0.4, -0.2) is 38.4 Å². The zero-order valence-corrected chi connectivity index (χ0v) is 11.1. The molecule has 1 aromatic rings. The summed E-state index contributed by atoms with van der Waals surface area (Å²) in [6.45, 7) is 1.84. The molecule has 0 saturated heterocycles. The third-order valence-electron chi connectivity index (χ3n) is 2.91. The first kappa shape index (κ1) is 14.2. The molecule has 0 aromatic heterocycles. The Morgan fingerprint density at radius 1 is 1.39 bits per heavy atom. The fourth-order valence-electron chi connectivity index (χ4n) is 1.85. The van der Waals surface area contributed by atoms with Crippen LogP contribution in [0.4, 0.5) is 5.69 Å². The number of benzene rings is 1. The van der Waals surface area contributed by atoms with E-state index in [1.807, 2.05) is 6.92 Å². The van der Waals surface area contributed by atoms with E-state index in [1.54, 1.807) is 44.4 Å². The fraction of sp³-hybridized carbons (Fsp3) is 0.462. The van der Waals surface area contributed by atoms with E-state index in [9.17, 15) is 9.90 Å². The number of carboxylic acids is 1. The van der Waals surface area contributed by atoms with Gasteiger partial charge in [-0.2, -0.15) is 0 Å². The summed E-state index contributed by atoms with van der Waals surface area (Å²) < 4.78 is 10.4. The number of likely N-dealkylation sites (N-methyl/N-ethyl adjacent to an activating group) is 1. The van der Waals surface area contributed by atoms with E-state index in [2.05, 4.69) is 0 Å². The third-order valence-corrected chi connectivity index (χ3v) is 2.91. The van der Waals surface area contributed by atoms with E-state index in [4.69, 9.17) is 9.47 Å². The summed E-state index contributed by atoms with van der Waals surface area (Å²) in [6, 6.07) is 4.72. The summed E-state index contributed by atoms with van der Waals surface area (Å²) in [7, 11) is 4.86. The molecule has 1 unspecified atom stereocenters. The lowest BCUT2D eigenvalue weighted by atomic mass is 10.1. The van der Waals surface area contributed by atoms with Gasteiger partial charge in [0.2, 0.25) is 0 Å². The molecule has 0 aliphatic carbocycles. The minimum Gasteiger partial charge on any atom is -0.497 e. The van der Waals surface area contributed by atoms with Gasteiger partial charge in [0.25, 0.3) is 0 Å². The van der Waals surface area contributed by atoms with Crippen LogP contribution in [0.15, 0.2) is 18.2 Å². The third kappa shape index (κ3) is 2.85. The van der Waals surface area contributed by atoms with Gasteiger partial charge in [-0.05, 0) is 18.6 Å². The average Bonchev–Trinajstić information content (AvgIpc) is 2.38. The summed E-state index contributed by atoms with van der Waals surface area (Å²) in [6.07, 6.45) is 0.506. The maximum Gasteiger partial charge on any atom is 0.326 e. The lowest BCUT2D eigenvalue weighted by molar-refractivity contribution is -0.138. The summed E-state index contributed by atoms with van der Waals surface area (Å²) in [5.74, 6) is 0.431. The maximum absolute atomic E-state index is 11.2. The van der Waals surface area contributed by atoms with E-state index in [0.29, 0.717) is 23.6 Å². The van der Waals surface area contributed by atoms with Crippen molar-refractivity contribution < 1.29 is 19.4 Å². The molecule has 0 heterocycles. The molecule has 0 aliphatic rings. The van der Waals surface area contributed by atoms with Crippen LogP contribution in [0.3, 0.4) is 0 Å². The molecule has 5 heteroatoms. The summed E-state index contributed by atoms with van der Waals surface area (Å²) in [5.41, 5.74) is 0.700. The molecule has 1 rings (SSSR count). The van der Waals surface area contributed by atoms with Gasteiger partial charge >= 0.3 is 5.97 Å². The highest BCUT2D eigenvalue weighted by Crippen LogP contribution is 2.33. The predicted molar refractivity (Wildman–Crippen MR) is 69.7 cm³/mol. The number of hydrogen-bond donors (Lipinski definition) is 1. The van der Waals surface area contributed by atoms with Crippen LogP contribution in [-0.2, 0) is 4.79 Å². The van der Waals surface area contributed by atoms with Gasteiger partial charge in [0, 0.05) is 13.1 Å². The lowest BCUT2D eigenvalue weighted by Crippen LogP contribution is -2.38. The van der Waals surface area contributed by atoms with Gasteiger partial charge in [-0.1, -0.05) is 6.92 Å². The first-order chi connectivity index (χ1) is 8.54. The zero-order valence-electron chi connectivity index (χ0n) is 11.1. The van der Waals surface area contributed by atoms with Crippen molar-refractivity contribution in [3.05, 3.63) is 18.2 Å². The molecule has 1 aromatic carbocycles. The lowest BCUT2D eigenvalue weighted by Gasteiger charge is -2.27. The van der Waals surface area contributed by atoms with E-state index in [0.717, 1.165) is 0 Å². The van der Waals surface area contributed by atoms with Crippen LogP contribution in [0.1, 0.15) is 13.3 Å². The van der Waals surface area contributed by atoms with Crippen LogP contribution in [0.2, 0.25) is 0 Å². The Morgan fingerprint density at radius 3 is 2.50 bits per heavy atom. The average molecular weight is 253 g/mol. The molecule has 5 nitrogen and oxygen atoms in total. The molecule has 100 valence electrons. The Hall–Kier alpha value is -1.91. The van der Waals surface area contributed by atoms with E-state index < -0.39 is 12.0 Å². The molecular weight excluding hydrogens is 234 g/mol. The standard InChI is InChI=1S/C13H19NO4/c1-5-10(13(15)16)14(2)11-8-9(17-3)6-7-12(11)18-4/h6-8,10H,5H2,1-4H3,(H,15,16). The number of ether oxygens (including phenoxy) is 2. The van der Waals surface area contributed by atoms with Crippen molar-refractivity contribution in [2.24, 2.45) is 0 Å². The molecular formula is C13H19NO4. The van der Waals surface area contributed by atoms with Crippen molar-refractivity contribution in [3.63, 3.8) is 0 Å². The Morgan fingerprint density at radius 2 is 2.06 bits per heavy atom. The second kappa shape index (κ2) is 6.14. The Bertz CT molecular complexity index is 419. The first-order valence-corrected chi connectivity index (χ1v) is 5.72. The number of nitrogens with zero attached hydrogens (tertiary/aromatic N) is 1. The molecule has 0 radical (unpaired) electrons. The second-order valence-electron chi connectivity index (χ2n) is 3.91. The molecule has 0 amide bonds. The number of anilines is 1. The summed E-state index contributed by atoms with van der Waals surface area (Å²) in [5, 5.41) is 9.18. The second-order valence-corrected chi connectivity index (χ2v) is 3.91. The van der Waals surface area contributed by atoms with Crippen LogP contribution in [0, 0.1) is 0 Å². The molecule has 1 atom stereocenters. The van der Waals surface area contributed by atoms with E-state index in [-0.39, 0.29) is 0 Å². The van der Waals surface area contributed by atoms with E-state index in [1.165, 1.54) is 0 Å². The quantitative estimate of drug-likeness (QED) is 0.840. The summed E-state index contributed by atoms with van der Waals surface area (Å²) in [4.78, 5) is 12.9. The topological polar surface area (TPSA) is 59.0 Å². The number of hydrogen-bond acceptors (Lipinski definition) is 4. The van der Waals surface area contributed by atoms with Crippen molar-refractivity contribution in [2.75, 3.05) is 26.2 Å². The van der Waals surface area contributed by atoms with Crippen molar-refractivity contribution in [1.82, 2.24) is 0 Å². The van der Waals surface area contributed by atoms with Crippen LogP contribution >= 0.6 is 0 Å². The van der Waals surface area contributed by atoms with Crippen LogP contribution < -0.4 is 14.4 Å². The number of methoxy groups -OCH3 is 2.